The predicted molar refractivity (Wildman–Crippen MR) is 178 cm³/mol. The fraction of sp³-hybridized carbons (Fsp3) is 0.333. The molecule has 0 spiro atoms. The van der Waals surface area contributed by atoms with E-state index in [9.17, 15) is 14.7 Å². The van der Waals surface area contributed by atoms with Crippen molar-refractivity contribution in [2.75, 3.05) is 69.3 Å². The number of pyridine rings is 4. The van der Waals surface area contributed by atoms with Gasteiger partial charge in [0.15, 0.2) is 0 Å². The minimum absolute atomic E-state index is 0. The molecule has 2 aliphatic heterocycles. The Kier molecular flexibility index (Phi) is 14.0. The van der Waals surface area contributed by atoms with Crippen LogP contribution in [-0.4, -0.2) is 101 Å². The molecule has 15 heteroatoms. The second-order valence-electron chi connectivity index (χ2n) is 11.0. The molecule has 2 aliphatic rings. The van der Waals surface area contributed by atoms with Gasteiger partial charge in [-0.15, -0.1) is 0 Å². The van der Waals surface area contributed by atoms with Gasteiger partial charge in [0, 0.05) is 120 Å². The third-order valence-corrected chi connectivity index (χ3v) is 8.69. The fourth-order valence-electron chi connectivity index (χ4n) is 5.37. The quantitative estimate of drug-likeness (QED) is 0.184. The van der Waals surface area contributed by atoms with Crippen molar-refractivity contribution in [1.29, 1.82) is 0 Å². The van der Waals surface area contributed by atoms with Gasteiger partial charge in [0.05, 0.1) is 40.1 Å². The fourth-order valence-corrected chi connectivity index (χ4v) is 5.82. The number of piperazine rings is 2. The smallest absolute Gasteiger partial charge is 0.545 e. The zero-order valence-electron chi connectivity index (χ0n) is 27.0. The number of nitrogens with zero attached hydrogens (tertiary/aromatic N) is 8. The van der Waals surface area contributed by atoms with Crippen LogP contribution in [-0.2, 0) is 17.8 Å². The van der Waals surface area contributed by atoms with Gasteiger partial charge in [-0.2, -0.15) is 0 Å². The maximum atomic E-state index is 11.5. The summed E-state index contributed by atoms with van der Waals surface area (Å²) in [7, 11) is 1.34. The van der Waals surface area contributed by atoms with Crippen LogP contribution in [0.25, 0.3) is 0 Å². The minimum atomic E-state index is -1.27. The van der Waals surface area contributed by atoms with Gasteiger partial charge in [-0.1, -0.05) is 23.2 Å². The number of esters is 1. The van der Waals surface area contributed by atoms with Crippen molar-refractivity contribution in [3.05, 3.63) is 106 Å². The summed E-state index contributed by atoms with van der Waals surface area (Å²) in [6.45, 7) is 8.64. The van der Waals surface area contributed by atoms with Crippen LogP contribution in [0.15, 0.2) is 73.6 Å². The van der Waals surface area contributed by atoms with Gasteiger partial charge < -0.3 is 24.4 Å². The van der Waals surface area contributed by atoms with Crippen LogP contribution in [0.4, 0.5) is 11.4 Å². The van der Waals surface area contributed by atoms with Crippen molar-refractivity contribution in [3.8, 4) is 0 Å². The number of aromatic nitrogens is 4. The molecule has 0 aromatic carbocycles. The number of hydrogen-bond donors (Lipinski definition) is 0. The summed E-state index contributed by atoms with van der Waals surface area (Å²) >= 11 is 12.4. The largest absolute Gasteiger partial charge is 1.00 e. The maximum absolute atomic E-state index is 11.5. The standard InChI is InChI=1S/C17H19ClN4O2.C16H17ClN4O2.Li/c1-24-17(23)13-10-15(18)16(20-11-13)12-21-6-8-22(9-7-21)14-2-4-19-5-3-14;17-14-9-12(16(22)23)10-19-15(14)11-20-5-7-21(8-6-20)13-1-3-18-4-2-13;/h2-5,10-11H,6-9,12H2,1H3;1-4,9-10H,5-8,11H2,(H,22,23);/q;;+1/p-1. The Labute approximate surface area is 301 Å². The van der Waals surface area contributed by atoms with E-state index in [4.69, 9.17) is 23.2 Å². The molecule has 0 amide bonds. The third kappa shape index (κ3) is 10.1. The Hall–Kier alpha value is -3.76. The molecule has 0 bridgehead atoms. The van der Waals surface area contributed by atoms with E-state index in [1.165, 1.54) is 36.9 Å². The van der Waals surface area contributed by atoms with E-state index < -0.39 is 11.9 Å². The molecule has 6 heterocycles. The number of methoxy groups -OCH3 is 1. The first-order valence-electron chi connectivity index (χ1n) is 15.1. The number of carbonyl (C=O) groups is 2. The molecule has 6 rings (SSSR count). The molecule has 2 fully saturated rings. The Bertz CT molecular complexity index is 1640. The number of ether oxygens (including phenoxy) is 1. The molecule has 48 heavy (non-hydrogen) atoms. The average molecular weight is 686 g/mol. The number of carboxylic acids is 1. The number of halogens is 2. The molecule has 12 nitrogen and oxygen atoms in total. The van der Waals surface area contributed by atoms with E-state index in [1.807, 2.05) is 36.7 Å². The van der Waals surface area contributed by atoms with Crippen LogP contribution in [0.2, 0.25) is 10.0 Å². The van der Waals surface area contributed by atoms with Crippen molar-refractivity contribution >= 4 is 46.5 Å². The van der Waals surface area contributed by atoms with Crippen LogP contribution < -0.4 is 33.8 Å². The first kappa shape index (κ1) is 37.1. The zero-order valence-corrected chi connectivity index (χ0v) is 28.5. The number of hydrogen-bond acceptors (Lipinski definition) is 12. The molecular formula is C33H35Cl2LiN8O4. The van der Waals surface area contributed by atoms with Gasteiger partial charge in [0.25, 0.3) is 0 Å². The topological polar surface area (TPSA) is 131 Å². The number of carbonyl (C=O) groups excluding carboxylic acids is 2. The van der Waals surface area contributed by atoms with Gasteiger partial charge in [0.2, 0.25) is 0 Å². The van der Waals surface area contributed by atoms with Crippen molar-refractivity contribution in [1.82, 2.24) is 29.7 Å². The van der Waals surface area contributed by atoms with Crippen LogP contribution in [0, 0.1) is 0 Å². The van der Waals surface area contributed by atoms with E-state index >= 15 is 0 Å². The molecule has 4 aromatic heterocycles. The molecule has 0 unspecified atom stereocenters. The van der Waals surface area contributed by atoms with E-state index in [0.29, 0.717) is 34.4 Å². The number of carboxylic acid groups (broad SMARTS) is 1. The minimum Gasteiger partial charge on any atom is -0.545 e. The van der Waals surface area contributed by atoms with Crippen LogP contribution in [0.5, 0.6) is 0 Å². The maximum Gasteiger partial charge on any atom is 1.00 e. The first-order valence-corrected chi connectivity index (χ1v) is 15.9. The van der Waals surface area contributed by atoms with Crippen molar-refractivity contribution in [3.63, 3.8) is 0 Å². The second-order valence-corrected chi connectivity index (χ2v) is 11.8. The summed E-state index contributed by atoms with van der Waals surface area (Å²) < 4.78 is 4.68. The molecule has 0 saturated carbocycles. The summed E-state index contributed by atoms with van der Waals surface area (Å²) in [4.78, 5) is 48.1. The molecule has 246 valence electrons. The normalized spacial score (nSPS) is 15.1. The van der Waals surface area contributed by atoms with Crippen LogP contribution >= 0.6 is 23.2 Å². The van der Waals surface area contributed by atoms with Crippen LogP contribution in [0.1, 0.15) is 32.1 Å². The molecule has 0 atom stereocenters. The summed E-state index contributed by atoms with van der Waals surface area (Å²) in [5.41, 5.74) is 4.21. The van der Waals surface area contributed by atoms with Gasteiger partial charge in [-0.3, -0.25) is 29.7 Å². The Morgan fingerprint density at radius 2 is 1.10 bits per heavy atom. The van der Waals surface area contributed by atoms with E-state index in [-0.39, 0.29) is 24.4 Å². The Morgan fingerprint density at radius 1 is 0.708 bits per heavy atom. The Balaban J connectivity index is 0.000000212. The van der Waals surface area contributed by atoms with E-state index in [1.54, 1.807) is 18.5 Å². The van der Waals surface area contributed by atoms with Crippen molar-refractivity contribution < 1.29 is 38.3 Å². The van der Waals surface area contributed by atoms with Gasteiger partial charge >= 0.3 is 24.8 Å². The second kappa shape index (κ2) is 18.1. The van der Waals surface area contributed by atoms with E-state index in [2.05, 4.69) is 44.3 Å². The molecule has 2 saturated heterocycles. The number of aromatic carboxylic acids is 1. The summed E-state index contributed by atoms with van der Waals surface area (Å²) in [5.74, 6) is -1.70. The summed E-state index contributed by atoms with van der Waals surface area (Å²) in [6, 6.07) is 11.1. The average Bonchev–Trinajstić information content (AvgIpc) is 3.11. The number of rotatable bonds is 8. The van der Waals surface area contributed by atoms with Crippen LogP contribution in [0.3, 0.4) is 0 Å². The van der Waals surface area contributed by atoms with Crippen molar-refractivity contribution in [2.45, 2.75) is 13.1 Å². The zero-order chi connectivity index (χ0) is 33.2. The van der Waals surface area contributed by atoms with Crippen molar-refractivity contribution in [2.24, 2.45) is 0 Å². The molecule has 4 aromatic rings. The van der Waals surface area contributed by atoms with Gasteiger partial charge in [0.1, 0.15) is 0 Å². The first-order chi connectivity index (χ1) is 22.8. The molecule has 0 radical (unpaired) electrons. The molecule has 0 N–H and O–H groups in total. The van der Waals surface area contributed by atoms with E-state index in [0.717, 1.165) is 58.1 Å². The SMILES string of the molecule is COC(=O)c1cnc(CN2CCN(c3ccncc3)CC2)c(Cl)c1.O=C([O-])c1cnc(CN2CCN(c3ccncc3)CC2)c(Cl)c1.[Li+]. The third-order valence-electron chi connectivity index (χ3n) is 8.04. The monoisotopic (exact) mass is 684 g/mol. The summed E-state index contributed by atoms with van der Waals surface area (Å²) in [6.07, 6.45) is 10.0. The van der Waals surface area contributed by atoms with Gasteiger partial charge in [-0.25, -0.2) is 4.79 Å². The van der Waals surface area contributed by atoms with Gasteiger partial charge in [-0.05, 0) is 36.4 Å². The predicted octanol–water partition coefficient (Wildman–Crippen LogP) is 0.0585. The number of anilines is 2. The molecule has 0 aliphatic carbocycles. The Morgan fingerprint density at radius 3 is 1.48 bits per heavy atom. The summed E-state index contributed by atoms with van der Waals surface area (Å²) in [5, 5.41) is 11.7. The molecular weight excluding hydrogens is 650 g/mol.